The molecule has 0 aliphatic carbocycles. The van der Waals surface area contributed by atoms with E-state index in [1.54, 1.807) is 7.11 Å². The van der Waals surface area contributed by atoms with Crippen LogP contribution in [0.5, 0.6) is 0 Å². The molecule has 11 heavy (non-hydrogen) atoms. The topological polar surface area (TPSA) is 12.5 Å². The molecule has 0 N–H and O–H groups in total. The molecule has 0 amide bonds. The second-order valence-corrected chi connectivity index (χ2v) is 2.48. The average Bonchev–Trinajstić information content (AvgIpc) is 2.01. The highest BCUT2D eigenvalue weighted by molar-refractivity contribution is 5.13. The summed E-state index contributed by atoms with van der Waals surface area (Å²) in [6, 6.07) is 0. The molecule has 0 atom stereocenters. The predicted octanol–water partition coefficient (Wildman–Crippen LogP) is 1.65. The molecule has 0 aliphatic rings. The second-order valence-electron chi connectivity index (χ2n) is 2.48. The summed E-state index contributed by atoms with van der Waals surface area (Å²) in [7, 11) is 3.69. The number of methoxy groups -OCH3 is 1. The lowest BCUT2D eigenvalue weighted by atomic mass is 10.3. The van der Waals surface area contributed by atoms with Gasteiger partial charge >= 0.3 is 0 Å². The molecule has 0 radical (unpaired) electrons. The number of rotatable bonds is 5. The third-order valence-electron chi connectivity index (χ3n) is 1.39. The van der Waals surface area contributed by atoms with Crippen LogP contribution in [0, 0.1) is 0 Å². The third kappa shape index (κ3) is 5.67. The van der Waals surface area contributed by atoms with Gasteiger partial charge in [0.15, 0.2) is 0 Å². The van der Waals surface area contributed by atoms with Crippen molar-refractivity contribution in [2.75, 3.05) is 27.3 Å². The van der Waals surface area contributed by atoms with E-state index in [9.17, 15) is 0 Å². The van der Waals surface area contributed by atoms with Crippen LogP contribution in [-0.2, 0) is 4.74 Å². The fourth-order valence-corrected chi connectivity index (χ4v) is 0.572. The van der Waals surface area contributed by atoms with Gasteiger partial charge in [-0.1, -0.05) is 6.58 Å². The molecular weight excluding hydrogens is 138 g/mol. The lowest BCUT2D eigenvalue weighted by Crippen LogP contribution is -2.08. The van der Waals surface area contributed by atoms with Gasteiger partial charge in [0.05, 0.1) is 6.61 Å². The van der Waals surface area contributed by atoms with Gasteiger partial charge in [-0.25, -0.2) is 0 Å². The minimum absolute atomic E-state index is 0.605. The molecule has 0 aromatic carbocycles. The lowest BCUT2D eigenvalue weighted by Gasteiger charge is -2.09. The first kappa shape index (κ1) is 10.2. The van der Waals surface area contributed by atoms with Gasteiger partial charge in [-0.05, 0) is 24.8 Å². The van der Waals surface area contributed by atoms with Crippen LogP contribution in [0.2, 0.25) is 0 Å². The first-order valence-electron chi connectivity index (χ1n) is 3.75. The summed E-state index contributed by atoms with van der Waals surface area (Å²) in [5.74, 6) is 0. The van der Waals surface area contributed by atoms with Crippen molar-refractivity contribution in [3.63, 3.8) is 0 Å². The molecule has 0 aliphatic heterocycles. The SMILES string of the molecule is C=C(/C=C\N(C)CC)COC. The maximum atomic E-state index is 4.90. The van der Waals surface area contributed by atoms with Gasteiger partial charge in [-0.3, -0.25) is 0 Å². The normalized spacial score (nSPS) is 10.5. The van der Waals surface area contributed by atoms with Crippen LogP contribution in [0.15, 0.2) is 24.4 Å². The molecule has 0 bridgehead atoms. The zero-order valence-corrected chi connectivity index (χ0v) is 7.63. The van der Waals surface area contributed by atoms with E-state index in [4.69, 9.17) is 4.74 Å². The molecule has 0 spiro atoms. The van der Waals surface area contributed by atoms with Crippen LogP contribution < -0.4 is 0 Å². The Morgan fingerprint density at radius 3 is 2.73 bits per heavy atom. The zero-order chi connectivity index (χ0) is 8.69. The minimum Gasteiger partial charge on any atom is -0.381 e. The van der Waals surface area contributed by atoms with E-state index in [1.807, 2.05) is 19.3 Å². The van der Waals surface area contributed by atoms with Crippen LogP contribution in [0.1, 0.15) is 6.92 Å². The van der Waals surface area contributed by atoms with E-state index in [2.05, 4.69) is 18.4 Å². The Balaban J connectivity index is 3.63. The van der Waals surface area contributed by atoms with Crippen LogP contribution in [-0.4, -0.2) is 32.2 Å². The Bertz CT molecular complexity index is 140. The smallest absolute Gasteiger partial charge is 0.0707 e. The van der Waals surface area contributed by atoms with Crippen LogP contribution in [0.25, 0.3) is 0 Å². The van der Waals surface area contributed by atoms with Crippen molar-refractivity contribution < 1.29 is 4.74 Å². The molecule has 2 heteroatoms. The Morgan fingerprint density at radius 1 is 1.64 bits per heavy atom. The van der Waals surface area contributed by atoms with Crippen molar-refractivity contribution in [1.29, 1.82) is 0 Å². The summed E-state index contributed by atoms with van der Waals surface area (Å²) in [5.41, 5.74) is 0.993. The maximum Gasteiger partial charge on any atom is 0.0707 e. The van der Waals surface area contributed by atoms with Crippen molar-refractivity contribution in [2.45, 2.75) is 6.92 Å². The summed E-state index contributed by atoms with van der Waals surface area (Å²) in [5, 5.41) is 0. The second kappa shape index (κ2) is 5.98. The van der Waals surface area contributed by atoms with Crippen molar-refractivity contribution in [1.82, 2.24) is 4.90 Å². The van der Waals surface area contributed by atoms with E-state index in [0.29, 0.717) is 6.61 Å². The number of hydrogen-bond donors (Lipinski definition) is 0. The van der Waals surface area contributed by atoms with Gasteiger partial charge in [-0.15, -0.1) is 0 Å². The molecule has 64 valence electrons. The molecule has 0 saturated carbocycles. The monoisotopic (exact) mass is 155 g/mol. The highest BCUT2D eigenvalue weighted by Gasteiger charge is 1.86. The highest BCUT2D eigenvalue weighted by Crippen LogP contribution is 1.94. The van der Waals surface area contributed by atoms with Gasteiger partial charge in [-0.2, -0.15) is 0 Å². The molecule has 2 nitrogen and oxygen atoms in total. The van der Waals surface area contributed by atoms with E-state index in [0.717, 1.165) is 12.1 Å². The van der Waals surface area contributed by atoms with Crippen LogP contribution in [0.3, 0.4) is 0 Å². The van der Waals surface area contributed by atoms with Gasteiger partial charge in [0.25, 0.3) is 0 Å². The highest BCUT2D eigenvalue weighted by atomic mass is 16.5. The fourth-order valence-electron chi connectivity index (χ4n) is 0.572. The van der Waals surface area contributed by atoms with Crippen molar-refractivity contribution in [3.8, 4) is 0 Å². The Hall–Kier alpha value is -0.760. The Kier molecular flexibility index (Phi) is 5.57. The van der Waals surface area contributed by atoms with E-state index < -0.39 is 0 Å². The van der Waals surface area contributed by atoms with Crippen LogP contribution in [0.4, 0.5) is 0 Å². The first-order chi connectivity index (χ1) is 5.20. The molecule has 0 rings (SSSR count). The van der Waals surface area contributed by atoms with Gasteiger partial charge in [0, 0.05) is 20.7 Å². The first-order valence-corrected chi connectivity index (χ1v) is 3.75. The average molecular weight is 155 g/mol. The van der Waals surface area contributed by atoms with E-state index >= 15 is 0 Å². The molecule has 0 fully saturated rings. The summed E-state index contributed by atoms with van der Waals surface area (Å²) in [4.78, 5) is 2.08. The molecule has 0 unspecified atom stereocenters. The largest absolute Gasteiger partial charge is 0.381 e. The quantitative estimate of drug-likeness (QED) is 0.560. The number of nitrogens with zero attached hydrogens (tertiary/aromatic N) is 1. The van der Waals surface area contributed by atoms with E-state index in [-0.39, 0.29) is 0 Å². The fraction of sp³-hybridized carbons (Fsp3) is 0.556. The maximum absolute atomic E-state index is 4.90. The number of ether oxygens (including phenoxy) is 1. The molecular formula is C9H17NO. The molecule has 0 saturated heterocycles. The van der Waals surface area contributed by atoms with Gasteiger partial charge in [0.2, 0.25) is 0 Å². The van der Waals surface area contributed by atoms with Crippen molar-refractivity contribution in [2.24, 2.45) is 0 Å². The standard InChI is InChI=1S/C9H17NO/c1-5-10(3)7-6-9(2)8-11-4/h6-7H,2,5,8H2,1,3-4H3/b7-6-. The summed E-state index contributed by atoms with van der Waals surface area (Å²) < 4.78 is 4.90. The molecule has 0 aromatic rings. The molecule has 0 aromatic heterocycles. The predicted molar refractivity (Wildman–Crippen MR) is 48.5 cm³/mol. The van der Waals surface area contributed by atoms with Crippen LogP contribution >= 0.6 is 0 Å². The van der Waals surface area contributed by atoms with Gasteiger partial charge < -0.3 is 9.64 Å². The van der Waals surface area contributed by atoms with Gasteiger partial charge in [0.1, 0.15) is 0 Å². The number of hydrogen-bond acceptors (Lipinski definition) is 2. The van der Waals surface area contributed by atoms with Crippen molar-refractivity contribution >= 4 is 0 Å². The zero-order valence-electron chi connectivity index (χ0n) is 7.63. The summed E-state index contributed by atoms with van der Waals surface area (Å²) in [6.07, 6.45) is 3.97. The van der Waals surface area contributed by atoms with E-state index in [1.165, 1.54) is 0 Å². The summed E-state index contributed by atoms with van der Waals surface area (Å²) in [6.45, 7) is 7.53. The summed E-state index contributed by atoms with van der Waals surface area (Å²) >= 11 is 0. The Labute approximate surface area is 69.2 Å². The van der Waals surface area contributed by atoms with Crippen molar-refractivity contribution in [3.05, 3.63) is 24.4 Å². The minimum atomic E-state index is 0.605. The Morgan fingerprint density at radius 2 is 2.27 bits per heavy atom. The molecule has 0 heterocycles. The lowest BCUT2D eigenvalue weighted by molar-refractivity contribution is 0.228. The third-order valence-corrected chi connectivity index (χ3v) is 1.39.